The molecule has 0 saturated carbocycles. The molecule has 2 aromatic carbocycles. The summed E-state index contributed by atoms with van der Waals surface area (Å²) in [6.07, 6.45) is 0.206. The van der Waals surface area contributed by atoms with Gasteiger partial charge in [-0.25, -0.2) is 0 Å². The van der Waals surface area contributed by atoms with E-state index in [1.54, 1.807) is 0 Å². The lowest BCUT2D eigenvalue weighted by Crippen LogP contribution is -2.14. The van der Waals surface area contributed by atoms with Gasteiger partial charge in [-0.05, 0) is 36.2 Å². The minimum atomic E-state index is -0.213. The molecule has 1 aliphatic rings. The number of hydrogen-bond donors (Lipinski definition) is 0. The Balaban J connectivity index is 1.68. The van der Waals surface area contributed by atoms with Crippen LogP contribution in [0, 0.1) is 6.92 Å². The molecule has 0 bridgehead atoms. The van der Waals surface area contributed by atoms with Gasteiger partial charge in [-0.3, -0.25) is 4.79 Å². The maximum Gasteiger partial charge on any atom is 0.252 e. The van der Waals surface area contributed by atoms with Crippen LogP contribution in [0.1, 0.15) is 11.1 Å². The zero-order chi connectivity index (χ0) is 17.6. The van der Waals surface area contributed by atoms with Gasteiger partial charge in [0.05, 0.1) is 21.7 Å². The molecule has 1 aliphatic heterocycles. The van der Waals surface area contributed by atoms with E-state index in [0.29, 0.717) is 21.3 Å². The third kappa shape index (κ3) is 2.92. The van der Waals surface area contributed by atoms with Crippen LogP contribution < -0.4 is 14.3 Å². The maximum absolute atomic E-state index is 12.4. The Hall–Kier alpha value is -2.31. The summed E-state index contributed by atoms with van der Waals surface area (Å²) >= 11 is 7.70. The molecule has 0 unspecified atom stereocenters. The SMILES string of the molecule is Cc1ccc(Cl)c2sc(=NC(=O)Cc3ccc4c(c3)OCO4)n(C)c12. The van der Waals surface area contributed by atoms with Crippen LogP contribution in [0.25, 0.3) is 10.2 Å². The molecule has 4 rings (SSSR count). The van der Waals surface area contributed by atoms with E-state index in [1.807, 2.05) is 48.9 Å². The fourth-order valence-electron chi connectivity index (χ4n) is 2.88. The number of aryl methyl sites for hydroxylation is 2. The van der Waals surface area contributed by atoms with Crippen molar-refractivity contribution in [2.45, 2.75) is 13.3 Å². The predicted molar refractivity (Wildman–Crippen MR) is 97.4 cm³/mol. The maximum atomic E-state index is 12.4. The van der Waals surface area contributed by atoms with Crippen molar-refractivity contribution in [1.29, 1.82) is 0 Å². The Labute approximate surface area is 153 Å². The lowest BCUT2D eigenvalue weighted by Gasteiger charge is -2.01. The van der Waals surface area contributed by atoms with Crippen LogP contribution in [0.3, 0.4) is 0 Å². The van der Waals surface area contributed by atoms with Gasteiger partial charge in [-0.2, -0.15) is 4.99 Å². The molecule has 0 saturated heterocycles. The van der Waals surface area contributed by atoms with Gasteiger partial charge in [-0.15, -0.1) is 0 Å². The third-order valence-corrected chi connectivity index (χ3v) is 5.71. The van der Waals surface area contributed by atoms with E-state index in [2.05, 4.69) is 4.99 Å². The molecule has 1 amide bonds. The molecule has 5 nitrogen and oxygen atoms in total. The molecular weight excluding hydrogens is 360 g/mol. The first-order valence-electron chi connectivity index (χ1n) is 7.73. The highest BCUT2D eigenvalue weighted by molar-refractivity contribution is 7.17. The standard InChI is InChI=1S/C18H15ClN2O3S/c1-10-3-5-12(19)17-16(10)21(2)18(25-17)20-15(22)8-11-4-6-13-14(7-11)24-9-23-13/h3-7H,8-9H2,1-2H3. The number of nitrogens with zero attached hydrogens (tertiary/aromatic N) is 2. The number of thiazole rings is 1. The van der Waals surface area contributed by atoms with Crippen molar-refractivity contribution >= 4 is 39.1 Å². The zero-order valence-electron chi connectivity index (χ0n) is 13.7. The number of rotatable bonds is 2. The van der Waals surface area contributed by atoms with Crippen molar-refractivity contribution in [3.8, 4) is 11.5 Å². The van der Waals surface area contributed by atoms with Crippen molar-refractivity contribution in [1.82, 2.24) is 4.57 Å². The number of hydrogen-bond acceptors (Lipinski definition) is 4. The Morgan fingerprint density at radius 1 is 1.28 bits per heavy atom. The number of fused-ring (bicyclic) bond motifs is 2. The highest BCUT2D eigenvalue weighted by Crippen LogP contribution is 2.32. The van der Waals surface area contributed by atoms with Crippen LogP contribution in [0.15, 0.2) is 35.3 Å². The van der Waals surface area contributed by atoms with Crippen LogP contribution in [-0.4, -0.2) is 17.3 Å². The fraction of sp³-hybridized carbons (Fsp3) is 0.222. The second-order valence-electron chi connectivity index (χ2n) is 5.86. The second-order valence-corrected chi connectivity index (χ2v) is 7.24. The molecule has 3 aromatic rings. The lowest BCUT2D eigenvalue weighted by molar-refractivity contribution is -0.117. The fourth-order valence-corrected chi connectivity index (χ4v) is 4.27. The number of benzene rings is 2. The molecule has 0 radical (unpaired) electrons. The first kappa shape index (κ1) is 16.2. The summed E-state index contributed by atoms with van der Waals surface area (Å²) < 4.78 is 13.5. The smallest absolute Gasteiger partial charge is 0.252 e. The third-order valence-electron chi connectivity index (χ3n) is 4.11. The molecule has 0 spiro atoms. The Bertz CT molecular complexity index is 1070. The molecule has 0 aliphatic carbocycles. The van der Waals surface area contributed by atoms with Gasteiger partial charge in [-0.1, -0.05) is 35.1 Å². The Morgan fingerprint density at radius 3 is 2.88 bits per heavy atom. The molecule has 7 heteroatoms. The molecule has 25 heavy (non-hydrogen) atoms. The number of halogens is 1. The molecule has 1 aromatic heterocycles. The molecule has 0 atom stereocenters. The van der Waals surface area contributed by atoms with E-state index in [1.165, 1.54) is 11.3 Å². The molecule has 0 N–H and O–H groups in total. The zero-order valence-corrected chi connectivity index (χ0v) is 15.3. The number of aromatic nitrogens is 1. The van der Waals surface area contributed by atoms with E-state index in [9.17, 15) is 4.79 Å². The minimum absolute atomic E-state index is 0.206. The van der Waals surface area contributed by atoms with Gasteiger partial charge in [0.1, 0.15) is 0 Å². The number of carbonyl (C=O) groups is 1. The average molecular weight is 375 g/mol. The van der Waals surface area contributed by atoms with Crippen LogP contribution in [0.2, 0.25) is 5.02 Å². The molecule has 0 fully saturated rings. The van der Waals surface area contributed by atoms with Crippen LogP contribution in [0.5, 0.6) is 11.5 Å². The molecule has 128 valence electrons. The number of ether oxygens (including phenoxy) is 2. The summed E-state index contributed by atoms with van der Waals surface area (Å²) in [5, 5.41) is 0.672. The van der Waals surface area contributed by atoms with E-state index in [4.69, 9.17) is 21.1 Å². The molecular formula is C18H15ClN2O3S. The van der Waals surface area contributed by atoms with Gasteiger partial charge in [0, 0.05) is 7.05 Å². The van der Waals surface area contributed by atoms with Crippen LogP contribution in [-0.2, 0) is 18.3 Å². The highest BCUT2D eigenvalue weighted by atomic mass is 35.5. The second kappa shape index (κ2) is 6.20. The summed E-state index contributed by atoms with van der Waals surface area (Å²) in [7, 11) is 1.90. The van der Waals surface area contributed by atoms with Crippen molar-refractivity contribution < 1.29 is 14.3 Å². The van der Waals surface area contributed by atoms with Crippen LogP contribution >= 0.6 is 22.9 Å². The monoisotopic (exact) mass is 374 g/mol. The van der Waals surface area contributed by atoms with Crippen LogP contribution in [0.4, 0.5) is 0 Å². The van der Waals surface area contributed by atoms with E-state index in [0.717, 1.165) is 21.3 Å². The van der Waals surface area contributed by atoms with Crippen molar-refractivity contribution in [2.75, 3.05) is 6.79 Å². The first-order valence-corrected chi connectivity index (χ1v) is 8.93. The Kier molecular flexibility index (Phi) is 4.01. The van der Waals surface area contributed by atoms with E-state index < -0.39 is 0 Å². The van der Waals surface area contributed by atoms with Gasteiger partial charge in [0.2, 0.25) is 6.79 Å². The summed E-state index contributed by atoms with van der Waals surface area (Å²) in [6.45, 7) is 2.23. The Morgan fingerprint density at radius 2 is 2.08 bits per heavy atom. The highest BCUT2D eigenvalue weighted by Gasteiger charge is 2.15. The number of carbonyl (C=O) groups excluding carboxylic acids is 1. The number of amides is 1. The van der Waals surface area contributed by atoms with E-state index >= 15 is 0 Å². The lowest BCUT2D eigenvalue weighted by atomic mass is 10.1. The van der Waals surface area contributed by atoms with Gasteiger partial charge in [0.15, 0.2) is 16.3 Å². The summed E-state index contributed by atoms with van der Waals surface area (Å²) in [4.78, 5) is 17.3. The van der Waals surface area contributed by atoms with Crippen molar-refractivity contribution in [3.63, 3.8) is 0 Å². The van der Waals surface area contributed by atoms with E-state index in [-0.39, 0.29) is 19.1 Å². The topological polar surface area (TPSA) is 52.8 Å². The normalized spacial score (nSPS) is 13.6. The van der Waals surface area contributed by atoms with Gasteiger partial charge >= 0.3 is 0 Å². The molecule has 2 heterocycles. The summed E-state index contributed by atoms with van der Waals surface area (Å²) in [5.41, 5.74) is 2.95. The van der Waals surface area contributed by atoms with Crippen molar-refractivity contribution in [2.24, 2.45) is 12.0 Å². The van der Waals surface area contributed by atoms with Gasteiger partial charge in [0.25, 0.3) is 5.91 Å². The minimum Gasteiger partial charge on any atom is -0.454 e. The van der Waals surface area contributed by atoms with Crippen molar-refractivity contribution in [3.05, 3.63) is 51.3 Å². The largest absolute Gasteiger partial charge is 0.454 e. The first-order chi connectivity index (χ1) is 12.0. The quantitative estimate of drug-likeness (QED) is 0.688. The summed E-state index contributed by atoms with van der Waals surface area (Å²) in [5.74, 6) is 1.16. The predicted octanol–water partition coefficient (Wildman–Crippen LogP) is 3.60. The summed E-state index contributed by atoms with van der Waals surface area (Å²) in [6, 6.07) is 9.33. The average Bonchev–Trinajstić information content (AvgIpc) is 3.16. The van der Waals surface area contributed by atoms with Gasteiger partial charge < -0.3 is 14.0 Å².